The summed E-state index contributed by atoms with van der Waals surface area (Å²) in [5.74, 6) is 0.904. The molecule has 2 heterocycles. The topological polar surface area (TPSA) is 52.5 Å². The van der Waals surface area contributed by atoms with Gasteiger partial charge in [0.25, 0.3) is 0 Å². The van der Waals surface area contributed by atoms with E-state index in [1.54, 1.807) is 0 Å². The SMILES string of the molecule is CC(O)CC1CCCN1Cc1nsc(N(C)C)n1. The Bertz CT molecular complexity index is 380. The van der Waals surface area contributed by atoms with Gasteiger partial charge in [-0.3, -0.25) is 4.90 Å². The Morgan fingerprint density at radius 1 is 1.56 bits per heavy atom. The van der Waals surface area contributed by atoms with Gasteiger partial charge in [0, 0.05) is 31.7 Å². The largest absolute Gasteiger partial charge is 0.393 e. The van der Waals surface area contributed by atoms with E-state index in [4.69, 9.17) is 0 Å². The minimum Gasteiger partial charge on any atom is -0.393 e. The molecule has 1 fully saturated rings. The fourth-order valence-electron chi connectivity index (χ4n) is 2.44. The number of hydrogen-bond acceptors (Lipinski definition) is 6. The van der Waals surface area contributed by atoms with Crippen LogP contribution < -0.4 is 4.90 Å². The Labute approximate surface area is 113 Å². The van der Waals surface area contributed by atoms with Gasteiger partial charge >= 0.3 is 0 Å². The smallest absolute Gasteiger partial charge is 0.204 e. The lowest BCUT2D eigenvalue weighted by atomic mass is 10.1. The molecule has 0 aromatic carbocycles. The quantitative estimate of drug-likeness (QED) is 0.875. The van der Waals surface area contributed by atoms with Gasteiger partial charge in [-0.1, -0.05) is 0 Å². The van der Waals surface area contributed by atoms with E-state index < -0.39 is 0 Å². The number of likely N-dealkylation sites (tertiary alicyclic amines) is 1. The van der Waals surface area contributed by atoms with Crippen LogP contribution in [-0.2, 0) is 6.54 Å². The first-order valence-electron chi connectivity index (χ1n) is 6.48. The number of nitrogens with zero attached hydrogens (tertiary/aromatic N) is 4. The van der Waals surface area contributed by atoms with Crippen LogP contribution in [0.5, 0.6) is 0 Å². The van der Waals surface area contributed by atoms with Gasteiger partial charge in [-0.05, 0) is 32.7 Å². The molecule has 102 valence electrons. The Balaban J connectivity index is 1.94. The molecule has 0 amide bonds. The molecule has 18 heavy (non-hydrogen) atoms. The maximum atomic E-state index is 9.51. The number of hydrogen-bond donors (Lipinski definition) is 1. The van der Waals surface area contributed by atoms with Crippen LogP contribution in [-0.4, -0.2) is 52.1 Å². The molecule has 6 heteroatoms. The Hall–Kier alpha value is -0.720. The summed E-state index contributed by atoms with van der Waals surface area (Å²) in [6.45, 7) is 3.76. The highest BCUT2D eigenvalue weighted by atomic mass is 32.1. The summed E-state index contributed by atoms with van der Waals surface area (Å²) in [5.41, 5.74) is 0. The molecule has 0 saturated carbocycles. The molecule has 1 aromatic rings. The molecule has 2 atom stereocenters. The predicted octanol–water partition coefficient (Wildman–Crippen LogP) is 1.34. The second kappa shape index (κ2) is 5.95. The summed E-state index contributed by atoms with van der Waals surface area (Å²) in [5, 5.41) is 10.5. The van der Waals surface area contributed by atoms with Crippen LogP contribution in [0, 0.1) is 0 Å². The van der Waals surface area contributed by atoms with Gasteiger partial charge in [-0.15, -0.1) is 0 Å². The zero-order chi connectivity index (χ0) is 13.1. The number of anilines is 1. The van der Waals surface area contributed by atoms with Crippen molar-refractivity contribution < 1.29 is 5.11 Å². The molecular formula is C12H22N4OS. The van der Waals surface area contributed by atoms with E-state index in [0.29, 0.717) is 6.04 Å². The van der Waals surface area contributed by atoms with Gasteiger partial charge in [0.2, 0.25) is 5.13 Å². The first kappa shape index (κ1) is 13.7. The average molecular weight is 270 g/mol. The summed E-state index contributed by atoms with van der Waals surface area (Å²) in [6.07, 6.45) is 3.01. The number of rotatable bonds is 5. The molecule has 5 nitrogen and oxygen atoms in total. The van der Waals surface area contributed by atoms with Gasteiger partial charge in [-0.2, -0.15) is 4.37 Å². The van der Waals surface area contributed by atoms with E-state index in [0.717, 1.165) is 30.5 Å². The summed E-state index contributed by atoms with van der Waals surface area (Å²) in [4.78, 5) is 8.90. The van der Waals surface area contributed by atoms with Gasteiger partial charge < -0.3 is 10.0 Å². The third-order valence-electron chi connectivity index (χ3n) is 3.30. The average Bonchev–Trinajstić information content (AvgIpc) is 2.89. The monoisotopic (exact) mass is 270 g/mol. The summed E-state index contributed by atoms with van der Waals surface area (Å²) in [7, 11) is 3.97. The van der Waals surface area contributed by atoms with Crippen LogP contribution in [0.4, 0.5) is 5.13 Å². The molecule has 1 saturated heterocycles. The van der Waals surface area contributed by atoms with Crippen molar-refractivity contribution in [3.63, 3.8) is 0 Å². The van der Waals surface area contributed by atoms with Gasteiger partial charge in [0.15, 0.2) is 5.82 Å². The lowest BCUT2D eigenvalue weighted by Crippen LogP contribution is -2.31. The van der Waals surface area contributed by atoms with Gasteiger partial charge in [-0.25, -0.2) is 4.98 Å². The Morgan fingerprint density at radius 2 is 2.33 bits per heavy atom. The van der Waals surface area contributed by atoms with Crippen molar-refractivity contribution in [1.29, 1.82) is 0 Å². The molecule has 1 aliphatic heterocycles. The summed E-state index contributed by atoms with van der Waals surface area (Å²) >= 11 is 1.44. The van der Waals surface area contributed by atoms with E-state index in [1.165, 1.54) is 24.4 Å². The highest BCUT2D eigenvalue weighted by Gasteiger charge is 2.26. The molecule has 0 bridgehead atoms. The molecule has 0 aliphatic carbocycles. The molecule has 0 radical (unpaired) electrons. The van der Waals surface area contributed by atoms with Crippen molar-refractivity contribution in [3.8, 4) is 0 Å². The zero-order valence-corrected chi connectivity index (χ0v) is 12.2. The van der Waals surface area contributed by atoms with Crippen molar-refractivity contribution in [1.82, 2.24) is 14.3 Å². The van der Waals surface area contributed by atoms with E-state index in [-0.39, 0.29) is 6.10 Å². The van der Waals surface area contributed by atoms with Crippen LogP contribution >= 0.6 is 11.5 Å². The zero-order valence-electron chi connectivity index (χ0n) is 11.3. The van der Waals surface area contributed by atoms with Crippen LogP contribution in [0.25, 0.3) is 0 Å². The molecule has 1 aliphatic rings. The second-order valence-corrected chi connectivity index (χ2v) is 5.97. The van der Waals surface area contributed by atoms with Crippen molar-refractivity contribution in [2.45, 2.75) is 44.9 Å². The number of aliphatic hydroxyl groups excluding tert-OH is 1. The van der Waals surface area contributed by atoms with Crippen molar-refractivity contribution in [2.75, 3.05) is 25.5 Å². The molecule has 1 N–H and O–H groups in total. The standard InChI is InChI=1S/C12H22N4OS/c1-9(17)7-10-5-4-6-16(10)8-11-13-12(15(2)3)18-14-11/h9-10,17H,4-8H2,1-3H3. The second-order valence-electron chi connectivity index (χ2n) is 5.24. The van der Waals surface area contributed by atoms with Crippen LogP contribution in [0.3, 0.4) is 0 Å². The highest BCUT2D eigenvalue weighted by Crippen LogP contribution is 2.24. The van der Waals surface area contributed by atoms with Crippen molar-refractivity contribution in [3.05, 3.63) is 5.82 Å². The summed E-state index contributed by atoms with van der Waals surface area (Å²) < 4.78 is 4.40. The van der Waals surface area contributed by atoms with Crippen molar-refractivity contribution >= 4 is 16.7 Å². The molecule has 0 spiro atoms. The minimum absolute atomic E-state index is 0.226. The fourth-order valence-corrected chi connectivity index (χ4v) is 3.03. The Kier molecular flexibility index (Phi) is 4.53. The highest BCUT2D eigenvalue weighted by molar-refractivity contribution is 7.09. The first-order chi connectivity index (χ1) is 8.56. The predicted molar refractivity (Wildman–Crippen MR) is 74.0 cm³/mol. The maximum absolute atomic E-state index is 9.51. The van der Waals surface area contributed by atoms with E-state index in [1.807, 2.05) is 25.9 Å². The fraction of sp³-hybridized carbons (Fsp3) is 0.833. The van der Waals surface area contributed by atoms with E-state index >= 15 is 0 Å². The number of aliphatic hydroxyl groups is 1. The van der Waals surface area contributed by atoms with E-state index in [2.05, 4.69) is 14.3 Å². The molecular weight excluding hydrogens is 248 g/mol. The third-order valence-corrected chi connectivity index (χ3v) is 4.22. The van der Waals surface area contributed by atoms with Crippen molar-refractivity contribution in [2.24, 2.45) is 0 Å². The molecule has 2 rings (SSSR count). The van der Waals surface area contributed by atoms with Crippen LogP contribution in [0.1, 0.15) is 32.0 Å². The first-order valence-corrected chi connectivity index (χ1v) is 7.25. The van der Waals surface area contributed by atoms with Crippen LogP contribution in [0.15, 0.2) is 0 Å². The normalized spacial score (nSPS) is 22.3. The molecule has 1 aromatic heterocycles. The molecule has 2 unspecified atom stereocenters. The lowest BCUT2D eigenvalue weighted by Gasteiger charge is -2.24. The van der Waals surface area contributed by atoms with Gasteiger partial charge in [0.05, 0.1) is 12.6 Å². The van der Waals surface area contributed by atoms with Crippen LogP contribution in [0.2, 0.25) is 0 Å². The number of aromatic nitrogens is 2. The van der Waals surface area contributed by atoms with E-state index in [9.17, 15) is 5.11 Å². The Morgan fingerprint density at radius 3 is 2.94 bits per heavy atom. The minimum atomic E-state index is -0.226. The lowest BCUT2D eigenvalue weighted by molar-refractivity contribution is 0.129. The summed E-state index contributed by atoms with van der Waals surface area (Å²) in [6, 6.07) is 0.483. The maximum Gasteiger partial charge on any atom is 0.204 e. The van der Waals surface area contributed by atoms with Gasteiger partial charge in [0.1, 0.15) is 0 Å². The third kappa shape index (κ3) is 3.40.